The van der Waals surface area contributed by atoms with Crippen molar-refractivity contribution < 1.29 is 18.8 Å². The predicted molar refractivity (Wildman–Crippen MR) is 124 cm³/mol. The van der Waals surface area contributed by atoms with Gasteiger partial charge in [-0.2, -0.15) is 0 Å². The molecule has 1 fully saturated rings. The van der Waals surface area contributed by atoms with Gasteiger partial charge >= 0.3 is 5.97 Å². The van der Waals surface area contributed by atoms with Crippen LogP contribution in [0.25, 0.3) is 0 Å². The molecule has 0 aliphatic heterocycles. The lowest BCUT2D eigenvalue weighted by Gasteiger charge is -2.38. The molecule has 1 aliphatic carbocycles. The van der Waals surface area contributed by atoms with Crippen LogP contribution in [0.5, 0.6) is 0 Å². The summed E-state index contributed by atoms with van der Waals surface area (Å²) in [6, 6.07) is 8.59. The van der Waals surface area contributed by atoms with Crippen molar-refractivity contribution >= 4 is 20.1 Å². The molecular weight excluding hydrogens is 392 g/mol. The smallest absolute Gasteiger partial charge is 0.305 e. The summed E-state index contributed by atoms with van der Waals surface area (Å²) in [5, 5.41) is 0.162. The first-order chi connectivity index (χ1) is 14.0. The first-order valence-electron chi connectivity index (χ1n) is 11.4. The molecule has 2 atom stereocenters. The number of unbranched alkanes of at least 4 members (excludes halogenated alkanes) is 3. The van der Waals surface area contributed by atoms with E-state index in [0.29, 0.717) is 18.6 Å². The van der Waals surface area contributed by atoms with Crippen molar-refractivity contribution in [1.82, 2.24) is 0 Å². The quantitative estimate of drug-likeness (QED) is 0.251. The summed E-state index contributed by atoms with van der Waals surface area (Å²) in [6.45, 7) is 11.2. The largest absolute Gasteiger partial charge is 0.469 e. The number of rotatable bonds is 10. The van der Waals surface area contributed by atoms with Gasteiger partial charge in [-0.1, -0.05) is 57.9 Å². The average Bonchev–Trinajstić information content (AvgIpc) is 3.03. The summed E-state index contributed by atoms with van der Waals surface area (Å²) in [4.78, 5) is 23.8. The van der Waals surface area contributed by atoms with Crippen molar-refractivity contribution in [2.24, 2.45) is 0 Å². The first-order valence-corrected chi connectivity index (χ1v) is 14.3. The molecular formula is C25H40O4Si. The zero-order chi connectivity index (χ0) is 22.4. The van der Waals surface area contributed by atoms with Gasteiger partial charge in [0.05, 0.1) is 13.2 Å². The van der Waals surface area contributed by atoms with E-state index in [0.717, 1.165) is 44.1 Å². The molecule has 1 aromatic rings. The summed E-state index contributed by atoms with van der Waals surface area (Å²) in [6.07, 6.45) is 7.16. The van der Waals surface area contributed by atoms with E-state index in [-0.39, 0.29) is 23.0 Å². The second-order valence-electron chi connectivity index (χ2n) is 10.2. The predicted octanol–water partition coefficient (Wildman–Crippen LogP) is 6.19. The van der Waals surface area contributed by atoms with Gasteiger partial charge in [-0.3, -0.25) is 9.59 Å². The Labute approximate surface area is 183 Å². The third-order valence-electron chi connectivity index (χ3n) is 6.79. The third-order valence-corrected chi connectivity index (χ3v) is 11.3. The van der Waals surface area contributed by atoms with Crippen LogP contribution >= 0.6 is 0 Å². The van der Waals surface area contributed by atoms with Crippen LogP contribution in [0.4, 0.5) is 0 Å². The van der Waals surface area contributed by atoms with Crippen molar-refractivity contribution in [3.05, 3.63) is 35.4 Å². The van der Waals surface area contributed by atoms with Crippen molar-refractivity contribution in [3.8, 4) is 0 Å². The van der Waals surface area contributed by atoms with Crippen LogP contribution in [-0.2, 0) is 25.2 Å². The minimum Gasteiger partial charge on any atom is -0.469 e. The van der Waals surface area contributed by atoms with E-state index >= 15 is 0 Å². The van der Waals surface area contributed by atoms with Crippen molar-refractivity contribution in [1.29, 1.82) is 0 Å². The zero-order valence-electron chi connectivity index (χ0n) is 19.8. The molecule has 0 N–H and O–H groups in total. The van der Waals surface area contributed by atoms with Gasteiger partial charge in [0.1, 0.15) is 5.78 Å². The number of aryl methyl sites for hydroxylation is 1. The van der Waals surface area contributed by atoms with Crippen LogP contribution in [0, 0.1) is 0 Å². The minimum absolute atomic E-state index is 0.0212. The Morgan fingerprint density at radius 2 is 1.70 bits per heavy atom. The van der Waals surface area contributed by atoms with Crippen LogP contribution in [0.3, 0.4) is 0 Å². The molecule has 0 amide bonds. The van der Waals surface area contributed by atoms with Crippen LogP contribution in [0.15, 0.2) is 24.3 Å². The molecule has 168 valence electrons. The molecule has 5 heteroatoms. The molecule has 1 aliphatic rings. The fourth-order valence-corrected chi connectivity index (χ4v) is 5.19. The SMILES string of the molecule is COC(=O)CCCCCCc1ccc(C2C[C@@H](O[Si](C)(C)C(C)(C)C)CC2=O)cc1. The van der Waals surface area contributed by atoms with Gasteiger partial charge < -0.3 is 9.16 Å². The second-order valence-corrected chi connectivity index (χ2v) is 14.9. The summed E-state index contributed by atoms with van der Waals surface area (Å²) in [5.74, 6) is 0.174. The maximum atomic E-state index is 12.7. The van der Waals surface area contributed by atoms with Crippen molar-refractivity contribution in [2.75, 3.05) is 7.11 Å². The van der Waals surface area contributed by atoms with Gasteiger partial charge in [0, 0.05) is 18.8 Å². The minimum atomic E-state index is -1.85. The number of methoxy groups -OCH3 is 1. The highest BCUT2D eigenvalue weighted by atomic mass is 28.4. The Bertz CT molecular complexity index is 703. The normalized spacial score (nSPS) is 19.9. The molecule has 1 unspecified atom stereocenters. The van der Waals surface area contributed by atoms with Crippen LogP contribution < -0.4 is 0 Å². The summed E-state index contributed by atoms with van der Waals surface area (Å²) >= 11 is 0. The van der Waals surface area contributed by atoms with Crippen LogP contribution in [-0.4, -0.2) is 33.3 Å². The van der Waals surface area contributed by atoms with Crippen molar-refractivity contribution in [2.45, 2.75) is 102 Å². The fraction of sp³-hybridized carbons (Fsp3) is 0.680. The molecule has 0 bridgehead atoms. The van der Waals surface area contributed by atoms with Gasteiger partial charge in [-0.05, 0) is 54.9 Å². The third kappa shape index (κ3) is 7.05. The number of benzene rings is 1. The maximum Gasteiger partial charge on any atom is 0.305 e. The number of hydrogen-bond acceptors (Lipinski definition) is 4. The first kappa shape index (κ1) is 24.8. The van der Waals surface area contributed by atoms with Gasteiger partial charge in [0.25, 0.3) is 0 Å². The van der Waals surface area contributed by atoms with E-state index in [1.54, 1.807) is 0 Å². The number of carbonyl (C=O) groups is 2. The van der Waals surface area contributed by atoms with Gasteiger partial charge in [0.15, 0.2) is 8.32 Å². The standard InChI is InChI=1S/C25H40O4Si/c1-25(2,3)30(5,6)29-21-17-22(23(26)18-21)20-15-13-19(14-16-20)11-9-7-8-10-12-24(27)28-4/h13-16,21-22H,7-12,17-18H2,1-6H3/t21-,22?/m1/s1. The second kappa shape index (κ2) is 10.7. The highest BCUT2D eigenvalue weighted by molar-refractivity contribution is 6.74. The summed E-state index contributed by atoms with van der Waals surface area (Å²) in [5.41, 5.74) is 2.44. The summed E-state index contributed by atoms with van der Waals surface area (Å²) < 4.78 is 11.2. The molecule has 0 aromatic heterocycles. The Morgan fingerprint density at radius 1 is 1.07 bits per heavy atom. The van der Waals surface area contributed by atoms with Gasteiger partial charge in [-0.25, -0.2) is 0 Å². The van der Waals surface area contributed by atoms with E-state index in [4.69, 9.17) is 4.43 Å². The van der Waals surface area contributed by atoms with E-state index in [2.05, 4.69) is 62.9 Å². The molecule has 0 saturated heterocycles. The van der Waals surface area contributed by atoms with E-state index < -0.39 is 8.32 Å². The lowest BCUT2D eigenvalue weighted by molar-refractivity contribution is -0.140. The topological polar surface area (TPSA) is 52.6 Å². The highest BCUT2D eigenvalue weighted by Crippen LogP contribution is 2.41. The number of Topliss-reactive ketones (excluding diaryl/α,β-unsaturated/α-hetero) is 1. The van der Waals surface area contributed by atoms with Crippen molar-refractivity contribution in [3.63, 3.8) is 0 Å². The molecule has 0 heterocycles. The number of carbonyl (C=O) groups excluding carboxylic acids is 2. The van der Waals surface area contributed by atoms with Gasteiger partial charge in [0.2, 0.25) is 0 Å². The lowest BCUT2D eigenvalue weighted by atomic mass is 9.95. The Morgan fingerprint density at radius 3 is 2.30 bits per heavy atom. The lowest BCUT2D eigenvalue weighted by Crippen LogP contribution is -2.43. The molecule has 0 radical (unpaired) electrons. The number of ketones is 1. The monoisotopic (exact) mass is 432 g/mol. The highest BCUT2D eigenvalue weighted by Gasteiger charge is 2.43. The molecule has 4 nitrogen and oxygen atoms in total. The molecule has 1 saturated carbocycles. The van der Waals surface area contributed by atoms with Crippen LogP contribution in [0.2, 0.25) is 18.1 Å². The molecule has 30 heavy (non-hydrogen) atoms. The average molecular weight is 433 g/mol. The van der Waals surface area contributed by atoms with Gasteiger partial charge in [-0.15, -0.1) is 0 Å². The Kier molecular flexibility index (Phi) is 8.86. The Balaban J connectivity index is 1.80. The van der Waals surface area contributed by atoms with Crippen LogP contribution in [0.1, 0.15) is 82.8 Å². The van der Waals surface area contributed by atoms with E-state index in [1.807, 2.05) is 0 Å². The maximum absolute atomic E-state index is 12.7. The number of ether oxygens (including phenoxy) is 1. The molecule has 1 aromatic carbocycles. The number of hydrogen-bond donors (Lipinski definition) is 0. The Hall–Kier alpha value is -1.46. The number of esters is 1. The fourth-order valence-electron chi connectivity index (χ4n) is 3.82. The molecule has 0 spiro atoms. The molecule has 2 rings (SSSR count). The zero-order valence-corrected chi connectivity index (χ0v) is 20.8. The summed E-state index contributed by atoms with van der Waals surface area (Å²) in [7, 11) is -0.413. The van der Waals surface area contributed by atoms with E-state index in [1.165, 1.54) is 12.7 Å². The van der Waals surface area contributed by atoms with E-state index in [9.17, 15) is 9.59 Å².